The molecule has 0 bridgehead atoms. The highest BCUT2D eigenvalue weighted by Crippen LogP contribution is 2.30. The molecule has 0 saturated carbocycles. The Labute approximate surface area is 126 Å². The van der Waals surface area contributed by atoms with Gasteiger partial charge in [-0.25, -0.2) is 9.78 Å². The van der Waals surface area contributed by atoms with Crippen molar-refractivity contribution in [1.29, 1.82) is 0 Å². The topological polar surface area (TPSA) is 64.1 Å². The van der Waals surface area contributed by atoms with Crippen LogP contribution < -0.4 is 5.32 Å². The summed E-state index contributed by atoms with van der Waals surface area (Å²) in [5, 5.41) is 5.03. The van der Waals surface area contributed by atoms with Gasteiger partial charge in [-0.3, -0.25) is 0 Å². The fourth-order valence-electron chi connectivity index (χ4n) is 1.74. The van der Waals surface area contributed by atoms with Crippen molar-refractivity contribution in [3.8, 4) is 0 Å². The number of rotatable bonds is 5. The summed E-state index contributed by atoms with van der Waals surface area (Å²) in [6, 6.07) is 0.0294. The predicted octanol–water partition coefficient (Wildman–Crippen LogP) is 3.57. The third-order valence-electron chi connectivity index (χ3n) is 2.70. The number of carbonyl (C=O) groups is 1. The van der Waals surface area contributed by atoms with Crippen LogP contribution in [0.2, 0.25) is 0 Å². The van der Waals surface area contributed by atoms with Gasteiger partial charge in [0, 0.05) is 11.1 Å². The Kier molecular flexibility index (Phi) is 4.72. The minimum absolute atomic E-state index is 0.0294. The lowest BCUT2D eigenvalue weighted by molar-refractivity contribution is 0.0527. The minimum atomic E-state index is -0.330. The Morgan fingerprint density at radius 1 is 1.50 bits per heavy atom. The SMILES string of the molecule is CCOC(=O)c1c(C)nsc1NC(C)c1ncc(C)s1. The summed E-state index contributed by atoms with van der Waals surface area (Å²) in [6.07, 6.45) is 1.85. The number of hydrogen-bond acceptors (Lipinski definition) is 7. The molecule has 0 amide bonds. The van der Waals surface area contributed by atoms with Crippen molar-refractivity contribution in [2.24, 2.45) is 0 Å². The number of esters is 1. The normalized spacial score (nSPS) is 12.2. The fraction of sp³-hybridized carbons (Fsp3) is 0.462. The van der Waals surface area contributed by atoms with E-state index in [1.807, 2.05) is 27.0 Å². The van der Waals surface area contributed by atoms with Gasteiger partial charge in [0.15, 0.2) is 0 Å². The van der Waals surface area contributed by atoms with E-state index in [4.69, 9.17) is 4.74 Å². The van der Waals surface area contributed by atoms with E-state index in [9.17, 15) is 4.79 Å². The molecule has 7 heteroatoms. The van der Waals surface area contributed by atoms with Crippen LogP contribution in [0.3, 0.4) is 0 Å². The van der Waals surface area contributed by atoms with Crippen LogP contribution in [-0.4, -0.2) is 21.9 Å². The lowest BCUT2D eigenvalue weighted by Crippen LogP contribution is -2.11. The van der Waals surface area contributed by atoms with E-state index in [2.05, 4.69) is 14.7 Å². The third kappa shape index (κ3) is 3.16. The molecule has 0 saturated heterocycles. The second-order valence-electron chi connectivity index (χ2n) is 4.37. The number of nitrogens with zero attached hydrogens (tertiary/aromatic N) is 2. The van der Waals surface area contributed by atoms with Crippen LogP contribution in [0.25, 0.3) is 0 Å². The van der Waals surface area contributed by atoms with Gasteiger partial charge in [0.1, 0.15) is 15.6 Å². The molecule has 20 heavy (non-hydrogen) atoms. The summed E-state index contributed by atoms with van der Waals surface area (Å²) in [6.45, 7) is 8.00. The Morgan fingerprint density at radius 2 is 2.25 bits per heavy atom. The van der Waals surface area contributed by atoms with Gasteiger partial charge in [-0.1, -0.05) is 0 Å². The molecule has 2 heterocycles. The van der Waals surface area contributed by atoms with Gasteiger partial charge in [0.25, 0.3) is 0 Å². The van der Waals surface area contributed by atoms with Gasteiger partial charge < -0.3 is 10.1 Å². The number of ether oxygens (including phenoxy) is 1. The molecule has 0 aliphatic rings. The number of hydrogen-bond donors (Lipinski definition) is 1. The molecule has 108 valence electrons. The molecular weight excluding hydrogens is 294 g/mol. The first kappa shape index (κ1) is 14.9. The van der Waals surface area contributed by atoms with E-state index in [0.29, 0.717) is 17.9 Å². The molecular formula is C13H17N3O2S2. The molecule has 0 fully saturated rings. The monoisotopic (exact) mass is 311 g/mol. The molecule has 1 atom stereocenters. The molecule has 0 aliphatic heterocycles. The summed E-state index contributed by atoms with van der Waals surface area (Å²) >= 11 is 2.92. The van der Waals surface area contributed by atoms with E-state index in [0.717, 1.165) is 10.0 Å². The lowest BCUT2D eigenvalue weighted by Gasteiger charge is -2.12. The fourth-order valence-corrected chi connectivity index (χ4v) is 3.39. The first-order valence-electron chi connectivity index (χ1n) is 6.35. The molecule has 0 spiro atoms. The van der Waals surface area contributed by atoms with Gasteiger partial charge in [0.05, 0.1) is 18.3 Å². The zero-order valence-corrected chi connectivity index (χ0v) is 13.5. The molecule has 0 aromatic carbocycles. The Balaban J connectivity index is 2.19. The number of aromatic nitrogens is 2. The number of aryl methyl sites for hydroxylation is 2. The van der Waals surface area contributed by atoms with Crippen molar-refractivity contribution in [2.75, 3.05) is 11.9 Å². The van der Waals surface area contributed by atoms with Gasteiger partial charge in [-0.2, -0.15) is 4.37 Å². The zero-order chi connectivity index (χ0) is 14.7. The quantitative estimate of drug-likeness (QED) is 0.855. The summed E-state index contributed by atoms with van der Waals surface area (Å²) in [4.78, 5) is 17.5. The summed E-state index contributed by atoms with van der Waals surface area (Å²) in [5.74, 6) is -0.330. The number of carbonyl (C=O) groups excluding carboxylic acids is 1. The van der Waals surface area contributed by atoms with Crippen molar-refractivity contribution in [3.05, 3.63) is 27.3 Å². The Bertz CT molecular complexity index is 607. The Morgan fingerprint density at radius 3 is 2.85 bits per heavy atom. The van der Waals surface area contributed by atoms with E-state index < -0.39 is 0 Å². The van der Waals surface area contributed by atoms with Gasteiger partial charge >= 0.3 is 5.97 Å². The molecule has 1 N–H and O–H groups in total. The lowest BCUT2D eigenvalue weighted by atomic mass is 10.2. The summed E-state index contributed by atoms with van der Waals surface area (Å²) in [5.41, 5.74) is 1.22. The maximum Gasteiger partial charge on any atom is 0.343 e. The van der Waals surface area contributed by atoms with Gasteiger partial charge in [-0.15, -0.1) is 11.3 Å². The molecule has 0 radical (unpaired) electrons. The van der Waals surface area contributed by atoms with Crippen molar-refractivity contribution in [1.82, 2.24) is 9.36 Å². The van der Waals surface area contributed by atoms with Crippen LogP contribution in [0.5, 0.6) is 0 Å². The Hall–Kier alpha value is -1.47. The second kappa shape index (κ2) is 6.32. The zero-order valence-electron chi connectivity index (χ0n) is 11.9. The highest BCUT2D eigenvalue weighted by molar-refractivity contribution is 7.12. The predicted molar refractivity (Wildman–Crippen MR) is 81.7 cm³/mol. The molecule has 2 aromatic heterocycles. The molecule has 5 nitrogen and oxygen atoms in total. The van der Waals surface area contributed by atoms with Crippen LogP contribution >= 0.6 is 22.9 Å². The van der Waals surface area contributed by atoms with Crippen molar-refractivity contribution >= 4 is 33.8 Å². The van der Waals surface area contributed by atoms with Gasteiger partial charge in [-0.05, 0) is 39.2 Å². The number of anilines is 1. The molecule has 2 rings (SSSR count). The van der Waals surface area contributed by atoms with E-state index in [-0.39, 0.29) is 12.0 Å². The van der Waals surface area contributed by atoms with Crippen molar-refractivity contribution < 1.29 is 9.53 Å². The van der Waals surface area contributed by atoms with Crippen LogP contribution in [0.15, 0.2) is 6.20 Å². The average molecular weight is 311 g/mol. The van der Waals surface area contributed by atoms with Crippen LogP contribution in [0.1, 0.15) is 45.8 Å². The largest absolute Gasteiger partial charge is 0.462 e. The number of nitrogens with one attached hydrogen (secondary N) is 1. The third-order valence-corrected chi connectivity index (χ3v) is 4.66. The van der Waals surface area contributed by atoms with Gasteiger partial charge in [0.2, 0.25) is 0 Å². The molecule has 1 unspecified atom stereocenters. The van der Waals surface area contributed by atoms with Crippen LogP contribution in [0, 0.1) is 13.8 Å². The minimum Gasteiger partial charge on any atom is -0.462 e. The smallest absolute Gasteiger partial charge is 0.343 e. The van der Waals surface area contributed by atoms with E-state index in [1.54, 1.807) is 18.3 Å². The maximum absolute atomic E-state index is 12.0. The molecule has 0 aliphatic carbocycles. The van der Waals surface area contributed by atoms with E-state index in [1.165, 1.54) is 16.4 Å². The van der Waals surface area contributed by atoms with E-state index >= 15 is 0 Å². The average Bonchev–Trinajstić information content (AvgIpc) is 2.96. The maximum atomic E-state index is 12.0. The summed E-state index contributed by atoms with van der Waals surface area (Å²) < 4.78 is 9.31. The van der Waals surface area contributed by atoms with Crippen molar-refractivity contribution in [3.63, 3.8) is 0 Å². The highest BCUT2D eigenvalue weighted by atomic mass is 32.1. The second-order valence-corrected chi connectivity index (χ2v) is 6.41. The standard InChI is InChI=1S/C13H17N3O2S2/c1-5-18-13(17)10-8(3)16-20-12(10)15-9(4)11-14-6-7(2)19-11/h6,9,15H,5H2,1-4H3. The highest BCUT2D eigenvalue weighted by Gasteiger charge is 2.21. The molecule has 2 aromatic rings. The first-order valence-corrected chi connectivity index (χ1v) is 7.94. The van der Waals surface area contributed by atoms with Crippen LogP contribution in [-0.2, 0) is 4.74 Å². The number of thiazole rings is 1. The first-order chi connectivity index (χ1) is 9.52. The summed E-state index contributed by atoms with van der Waals surface area (Å²) in [7, 11) is 0. The van der Waals surface area contributed by atoms with Crippen molar-refractivity contribution in [2.45, 2.75) is 33.7 Å². The van der Waals surface area contributed by atoms with Crippen LogP contribution in [0.4, 0.5) is 5.00 Å².